The van der Waals surface area contributed by atoms with E-state index in [1.54, 1.807) is 7.11 Å². The highest BCUT2D eigenvalue weighted by molar-refractivity contribution is 6.01. The molecule has 0 radical (unpaired) electrons. The molecule has 6 heteroatoms. The van der Waals surface area contributed by atoms with Gasteiger partial charge in [0.1, 0.15) is 5.82 Å². The molecule has 2 aromatic carbocycles. The number of nitrogens with one attached hydrogen (secondary N) is 1. The number of carbonyl (C=O) groups excluding carboxylic acids is 1. The number of hydrogen-bond donors (Lipinski definition) is 1. The van der Waals surface area contributed by atoms with E-state index >= 15 is 0 Å². The quantitative estimate of drug-likeness (QED) is 0.612. The normalized spacial score (nSPS) is 14.2. The lowest BCUT2D eigenvalue weighted by Crippen LogP contribution is -2.46. The molecule has 1 amide bonds. The fourth-order valence-electron chi connectivity index (χ4n) is 3.88. The molecule has 1 saturated heterocycles. The fraction of sp³-hybridized carbons (Fsp3) is 0.333. The molecule has 156 valence electrons. The SMILES string of the molecule is COCCCNC(=O)c1ccc2ccnc(N3CCN(c4ccccc4)CC3)c2c1. The predicted molar refractivity (Wildman–Crippen MR) is 121 cm³/mol. The van der Waals surface area contributed by atoms with E-state index in [0.717, 1.165) is 49.2 Å². The third kappa shape index (κ3) is 4.54. The number of carbonyl (C=O) groups is 1. The summed E-state index contributed by atoms with van der Waals surface area (Å²) < 4.78 is 5.04. The number of ether oxygens (including phenoxy) is 1. The summed E-state index contributed by atoms with van der Waals surface area (Å²) in [6.45, 7) is 4.93. The van der Waals surface area contributed by atoms with Crippen LogP contribution in [0.4, 0.5) is 11.5 Å². The minimum absolute atomic E-state index is 0.0586. The van der Waals surface area contributed by atoms with Gasteiger partial charge in [-0.3, -0.25) is 4.79 Å². The summed E-state index contributed by atoms with van der Waals surface area (Å²) in [4.78, 5) is 21.9. The van der Waals surface area contributed by atoms with Crippen LogP contribution in [0.1, 0.15) is 16.8 Å². The molecule has 0 aliphatic carbocycles. The predicted octanol–water partition coefficient (Wildman–Crippen LogP) is 3.33. The average Bonchev–Trinajstić information content (AvgIpc) is 2.81. The number of anilines is 2. The van der Waals surface area contributed by atoms with E-state index in [-0.39, 0.29) is 5.91 Å². The molecule has 1 aromatic heterocycles. The van der Waals surface area contributed by atoms with Gasteiger partial charge in [0.15, 0.2) is 0 Å². The zero-order valence-electron chi connectivity index (χ0n) is 17.4. The Labute approximate surface area is 177 Å². The van der Waals surface area contributed by atoms with Crippen LogP contribution in [0.15, 0.2) is 60.8 Å². The number of aromatic nitrogens is 1. The Balaban J connectivity index is 1.49. The number of pyridine rings is 1. The van der Waals surface area contributed by atoms with Crippen LogP contribution in [0.25, 0.3) is 10.8 Å². The van der Waals surface area contributed by atoms with Gasteiger partial charge in [-0.15, -0.1) is 0 Å². The minimum Gasteiger partial charge on any atom is -0.385 e. The highest BCUT2D eigenvalue weighted by Crippen LogP contribution is 2.27. The topological polar surface area (TPSA) is 57.7 Å². The molecule has 6 nitrogen and oxygen atoms in total. The van der Waals surface area contributed by atoms with Gasteiger partial charge in [-0.05, 0) is 42.1 Å². The first-order valence-corrected chi connectivity index (χ1v) is 10.5. The molecule has 1 aliphatic heterocycles. The van der Waals surface area contributed by atoms with Crippen molar-refractivity contribution >= 4 is 28.2 Å². The molecule has 1 fully saturated rings. The number of methoxy groups -OCH3 is 1. The number of piperazine rings is 1. The van der Waals surface area contributed by atoms with E-state index in [0.29, 0.717) is 18.7 Å². The van der Waals surface area contributed by atoms with E-state index in [4.69, 9.17) is 4.74 Å². The first kappa shape index (κ1) is 20.2. The largest absolute Gasteiger partial charge is 0.385 e. The van der Waals surface area contributed by atoms with Crippen LogP contribution < -0.4 is 15.1 Å². The van der Waals surface area contributed by atoms with Crippen molar-refractivity contribution in [2.75, 3.05) is 56.2 Å². The molecular formula is C24H28N4O2. The van der Waals surface area contributed by atoms with Crippen LogP contribution in [0.2, 0.25) is 0 Å². The van der Waals surface area contributed by atoms with Crippen molar-refractivity contribution < 1.29 is 9.53 Å². The van der Waals surface area contributed by atoms with Crippen molar-refractivity contribution in [1.82, 2.24) is 10.3 Å². The van der Waals surface area contributed by atoms with Crippen LogP contribution >= 0.6 is 0 Å². The Bertz CT molecular complexity index is 985. The lowest BCUT2D eigenvalue weighted by atomic mass is 10.1. The van der Waals surface area contributed by atoms with Gasteiger partial charge in [-0.25, -0.2) is 4.98 Å². The van der Waals surface area contributed by atoms with Crippen LogP contribution in [-0.4, -0.2) is 57.3 Å². The molecule has 0 bridgehead atoms. The monoisotopic (exact) mass is 404 g/mol. The van der Waals surface area contributed by atoms with E-state index in [1.165, 1.54) is 5.69 Å². The van der Waals surface area contributed by atoms with Gasteiger partial charge in [0.05, 0.1) is 0 Å². The number of fused-ring (bicyclic) bond motifs is 1. The maximum absolute atomic E-state index is 12.5. The Kier molecular flexibility index (Phi) is 6.44. The Morgan fingerprint density at radius 1 is 1.03 bits per heavy atom. The number of para-hydroxylation sites is 1. The molecule has 30 heavy (non-hydrogen) atoms. The summed E-state index contributed by atoms with van der Waals surface area (Å²) in [5.74, 6) is 0.894. The molecule has 3 aromatic rings. The van der Waals surface area contributed by atoms with E-state index in [1.807, 2.05) is 36.5 Å². The maximum Gasteiger partial charge on any atom is 0.251 e. The van der Waals surface area contributed by atoms with Gasteiger partial charge < -0.3 is 19.9 Å². The van der Waals surface area contributed by atoms with Crippen molar-refractivity contribution in [2.24, 2.45) is 0 Å². The lowest BCUT2D eigenvalue weighted by molar-refractivity contribution is 0.0948. The first-order chi connectivity index (χ1) is 14.8. The Morgan fingerprint density at radius 3 is 2.57 bits per heavy atom. The molecule has 0 atom stereocenters. The minimum atomic E-state index is -0.0586. The van der Waals surface area contributed by atoms with Crippen molar-refractivity contribution in [2.45, 2.75) is 6.42 Å². The van der Waals surface area contributed by atoms with E-state index in [9.17, 15) is 4.79 Å². The van der Waals surface area contributed by atoms with Crippen LogP contribution in [0.5, 0.6) is 0 Å². The molecule has 0 saturated carbocycles. The summed E-state index contributed by atoms with van der Waals surface area (Å²) in [6.07, 6.45) is 2.65. The lowest BCUT2D eigenvalue weighted by Gasteiger charge is -2.37. The zero-order valence-corrected chi connectivity index (χ0v) is 17.4. The highest BCUT2D eigenvalue weighted by Gasteiger charge is 2.20. The molecule has 1 N–H and O–H groups in total. The molecule has 0 spiro atoms. The third-order valence-electron chi connectivity index (χ3n) is 5.52. The molecular weight excluding hydrogens is 376 g/mol. The summed E-state index contributed by atoms with van der Waals surface area (Å²) >= 11 is 0. The Morgan fingerprint density at radius 2 is 1.80 bits per heavy atom. The maximum atomic E-state index is 12.5. The number of amides is 1. The number of hydrogen-bond acceptors (Lipinski definition) is 5. The van der Waals surface area contributed by atoms with E-state index in [2.05, 4.69) is 44.4 Å². The molecule has 2 heterocycles. The molecule has 4 rings (SSSR count). The van der Waals surface area contributed by atoms with Gasteiger partial charge in [0.25, 0.3) is 5.91 Å². The van der Waals surface area contributed by atoms with Gasteiger partial charge in [-0.1, -0.05) is 24.3 Å². The van der Waals surface area contributed by atoms with Crippen molar-refractivity contribution in [3.63, 3.8) is 0 Å². The molecule has 1 aliphatic rings. The highest BCUT2D eigenvalue weighted by atomic mass is 16.5. The van der Waals surface area contributed by atoms with Gasteiger partial charge >= 0.3 is 0 Å². The Hall–Kier alpha value is -3.12. The van der Waals surface area contributed by atoms with Crippen LogP contribution in [-0.2, 0) is 4.74 Å². The summed E-state index contributed by atoms with van der Waals surface area (Å²) in [5.41, 5.74) is 1.92. The fourth-order valence-corrected chi connectivity index (χ4v) is 3.88. The zero-order chi connectivity index (χ0) is 20.8. The third-order valence-corrected chi connectivity index (χ3v) is 5.52. The van der Waals surface area contributed by atoms with Gasteiger partial charge in [0.2, 0.25) is 0 Å². The second kappa shape index (κ2) is 9.59. The molecule has 0 unspecified atom stereocenters. The number of rotatable bonds is 7. The number of benzene rings is 2. The van der Waals surface area contributed by atoms with Crippen LogP contribution in [0.3, 0.4) is 0 Å². The van der Waals surface area contributed by atoms with Gasteiger partial charge in [0, 0.05) is 69.3 Å². The number of nitrogens with zero attached hydrogens (tertiary/aromatic N) is 3. The van der Waals surface area contributed by atoms with Crippen molar-refractivity contribution in [3.8, 4) is 0 Å². The second-order valence-electron chi connectivity index (χ2n) is 7.48. The standard InChI is InChI=1S/C24H28N4O2/c1-30-17-5-11-26-24(29)20-9-8-19-10-12-25-23(22(19)18-20)28-15-13-27(14-16-28)21-6-3-2-4-7-21/h2-4,6-10,12,18H,5,11,13-17H2,1H3,(H,26,29). The second-order valence-corrected chi connectivity index (χ2v) is 7.48. The summed E-state index contributed by atoms with van der Waals surface area (Å²) in [5, 5.41) is 5.08. The van der Waals surface area contributed by atoms with Crippen molar-refractivity contribution in [1.29, 1.82) is 0 Å². The summed E-state index contributed by atoms with van der Waals surface area (Å²) in [7, 11) is 1.67. The summed E-state index contributed by atoms with van der Waals surface area (Å²) in [6, 6.07) is 18.4. The van der Waals surface area contributed by atoms with Gasteiger partial charge in [-0.2, -0.15) is 0 Å². The van der Waals surface area contributed by atoms with Crippen LogP contribution in [0, 0.1) is 0 Å². The van der Waals surface area contributed by atoms with Crippen molar-refractivity contribution in [3.05, 3.63) is 66.4 Å². The smallest absolute Gasteiger partial charge is 0.251 e. The first-order valence-electron chi connectivity index (χ1n) is 10.5. The van der Waals surface area contributed by atoms with E-state index < -0.39 is 0 Å². The average molecular weight is 405 g/mol.